The monoisotopic (exact) mass is 333 g/mol. The molecule has 1 amide bonds. The van der Waals surface area contributed by atoms with Crippen LogP contribution in [0.3, 0.4) is 0 Å². The van der Waals surface area contributed by atoms with Crippen LogP contribution in [0.4, 0.5) is 0 Å². The molecule has 0 saturated heterocycles. The molecule has 0 unspecified atom stereocenters. The number of carbonyl (C=O) groups is 1. The maximum absolute atomic E-state index is 12.3. The standard InChI is InChI=1S/C15H16BrN3O/c1-10-3-2-4-12(18-10)8-17-15(20)14-7-11(16)9-19(14)13-5-6-13/h2-4,7,9,13H,5-6,8H2,1H3,(H,17,20). The van der Waals surface area contributed by atoms with Gasteiger partial charge in [-0.3, -0.25) is 9.78 Å². The quantitative estimate of drug-likeness (QED) is 0.933. The van der Waals surface area contributed by atoms with Gasteiger partial charge in [-0.05, 0) is 53.9 Å². The summed E-state index contributed by atoms with van der Waals surface area (Å²) >= 11 is 3.44. The summed E-state index contributed by atoms with van der Waals surface area (Å²) in [6.07, 6.45) is 4.29. The zero-order chi connectivity index (χ0) is 14.1. The summed E-state index contributed by atoms with van der Waals surface area (Å²) in [5.41, 5.74) is 2.55. The highest BCUT2D eigenvalue weighted by Crippen LogP contribution is 2.37. The number of pyridine rings is 1. The Labute approximate surface area is 126 Å². The van der Waals surface area contributed by atoms with Crippen LogP contribution in [0.25, 0.3) is 0 Å². The zero-order valence-corrected chi connectivity index (χ0v) is 12.9. The van der Waals surface area contributed by atoms with Gasteiger partial charge < -0.3 is 9.88 Å². The summed E-state index contributed by atoms with van der Waals surface area (Å²) < 4.78 is 3.01. The Hall–Kier alpha value is -1.62. The van der Waals surface area contributed by atoms with Crippen LogP contribution in [0, 0.1) is 6.92 Å². The minimum Gasteiger partial charge on any atom is -0.345 e. The number of hydrogen-bond acceptors (Lipinski definition) is 2. The summed E-state index contributed by atoms with van der Waals surface area (Å²) in [6, 6.07) is 8.17. The number of carbonyl (C=O) groups excluding carboxylic acids is 1. The van der Waals surface area contributed by atoms with Crippen molar-refractivity contribution in [1.29, 1.82) is 0 Å². The Kier molecular flexibility index (Phi) is 3.61. The summed E-state index contributed by atoms with van der Waals surface area (Å²) in [7, 11) is 0. The van der Waals surface area contributed by atoms with Crippen molar-refractivity contribution in [3.63, 3.8) is 0 Å². The molecule has 20 heavy (non-hydrogen) atoms. The van der Waals surface area contributed by atoms with Crippen LogP contribution in [0.2, 0.25) is 0 Å². The van der Waals surface area contributed by atoms with E-state index in [9.17, 15) is 4.79 Å². The SMILES string of the molecule is Cc1cccc(CNC(=O)c2cc(Br)cn2C2CC2)n1. The van der Waals surface area contributed by atoms with Crippen molar-refractivity contribution in [3.05, 3.63) is 52.0 Å². The molecule has 2 aromatic rings. The van der Waals surface area contributed by atoms with E-state index >= 15 is 0 Å². The molecule has 4 nitrogen and oxygen atoms in total. The number of rotatable bonds is 4. The molecule has 0 spiro atoms. The summed E-state index contributed by atoms with van der Waals surface area (Å²) in [5.74, 6) is -0.0501. The summed E-state index contributed by atoms with van der Waals surface area (Å²) in [6.45, 7) is 2.40. The third kappa shape index (κ3) is 2.93. The van der Waals surface area contributed by atoms with E-state index in [0.29, 0.717) is 18.3 Å². The smallest absolute Gasteiger partial charge is 0.268 e. The fourth-order valence-electron chi connectivity index (χ4n) is 2.24. The molecule has 2 aromatic heterocycles. The van der Waals surface area contributed by atoms with Crippen molar-refractivity contribution in [2.75, 3.05) is 0 Å². The van der Waals surface area contributed by atoms with Crippen molar-refractivity contribution in [2.45, 2.75) is 32.4 Å². The van der Waals surface area contributed by atoms with E-state index < -0.39 is 0 Å². The van der Waals surface area contributed by atoms with Crippen LogP contribution in [-0.4, -0.2) is 15.5 Å². The molecule has 0 bridgehead atoms. The topological polar surface area (TPSA) is 46.9 Å². The molecule has 1 fully saturated rings. The summed E-state index contributed by atoms with van der Waals surface area (Å²) in [5, 5.41) is 2.94. The van der Waals surface area contributed by atoms with Gasteiger partial charge in [0.05, 0.1) is 12.2 Å². The highest BCUT2D eigenvalue weighted by molar-refractivity contribution is 9.10. The average Bonchev–Trinajstić information content (AvgIpc) is 3.19. The lowest BCUT2D eigenvalue weighted by atomic mass is 10.3. The first-order chi connectivity index (χ1) is 9.63. The van der Waals surface area contributed by atoms with E-state index in [0.717, 1.165) is 28.7 Å². The van der Waals surface area contributed by atoms with Crippen LogP contribution in [-0.2, 0) is 6.54 Å². The van der Waals surface area contributed by atoms with Crippen molar-refractivity contribution >= 4 is 21.8 Å². The maximum Gasteiger partial charge on any atom is 0.268 e. The van der Waals surface area contributed by atoms with Gasteiger partial charge in [-0.25, -0.2) is 0 Å². The first kappa shape index (κ1) is 13.4. The molecule has 3 rings (SSSR count). The number of halogens is 1. The second kappa shape index (κ2) is 5.40. The zero-order valence-electron chi connectivity index (χ0n) is 11.3. The van der Waals surface area contributed by atoms with Gasteiger partial charge in [-0.1, -0.05) is 6.07 Å². The largest absolute Gasteiger partial charge is 0.345 e. The lowest BCUT2D eigenvalue weighted by Crippen LogP contribution is -2.25. The number of nitrogens with zero attached hydrogens (tertiary/aromatic N) is 2. The van der Waals surface area contributed by atoms with Gasteiger partial charge in [-0.15, -0.1) is 0 Å². The van der Waals surface area contributed by atoms with E-state index in [2.05, 4.69) is 30.8 Å². The number of aryl methyl sites for hydroxylation is 1. The Morgan fingerprint density at radius 2 is 2.30 bits per heavy atom. The lowest BCUT2D eigenvalue weighted by molar-refractivity contribution is 0.0941. The highest BCUT2D eigenvalue weighted by Gasteiger charge is 2.27. The Morgan fingerprint density at radius 1 is 1.50 bits per heavy atom. The van der Waals surface area contributed by atoms with Gasteiger partial charge in [0.25, 0.3) is 5.91 Å². The molecule has 1 N–H and O–H groups in total. The minimum absolute atomic E-state index is 0.0501. The second-order valence-electron chi connectivity index (χ2n) is 5.13. The van der Waals surface area contributed by atoms with Gasteiger partial charge in [-0.2, -0.15) is 0 Å². The third-order valence-corrected chi connectivity index (χ3v) is 3.80. The molecule has 5 heteroatoms. The number of aromatic nitrogens is 2. The number of amides is 1. The van der Waals surface area contributed by atoms with E-state index in [1.807, 2.05) is 37.4 Å². The maximum atomic E-state index is 12.3. The minimum atomic E-state index is -0.0501. The fourth-order valence-corrected chi connectivity index (χ4v) is 2.68. The normalized spacial score (nSPS) is 14.3. The highest BCUT2D eigenvalue weighted by atomic mass is 79.9. The Balaban J connectivity index is 1.70. The van der Waals surface area contributed by atoms with Gasteiger partial charge in [0.2, 0.25) is 0 Å². The van der Waals surface area contributed by atoms with Gasteiger partial charge in [0, 0.05) is 22.4 Å². The molecule has 2 heterocycles. The lowest BCUT2D eigenvalue weighted by Gasteiger charge is -2.08. The molecule has 1 aliphatic carbocycles. The molecular formula is C15H16BrN3O. The van der Waals surface area contributed by atoms with Crippen molar-refractivity contribution in [1.82, 2.24) is 14.9 Å². The van der Waals surface area contributed by atoms with E-state index in [1.165, 1.54) is 0 Å². The predicted octanol–water partition coefficient (Wildman–Crippen LogP) is 3.22. The fraction of sp³-hybridized carbons (Fsp3) is 0.333. The molecule has 0 aliphatic heterocycles. The second-order valence-corrected chi connectivity index (χ2v) is 6.05. The van der Waals surface area contributed by atoms with Crippen molar-refractivity contribution in [2.24, 2.45) is 0 Å². The van der Waals surface area contributed by atoms with E-state index in [-0.39, 0.29) is 5.91 Å². The molecule has 1 aliphatic rings. The first-order valence-corrected chi connectivity index (χ1v) is 7.51. The van der Waals surface area contributed by atoms with Crippen LogP contribution < -0.4 is 5.32 Å². The molecule has 1 saturated carbocycles. The Bertz CT molecular complexity index is 646. The van der Waals surface area contributed by atoms with Gasteiger partial charge in [0.15, 0.2) is 0 Å². The predicted molar refractivity (Wildman–Crippen MR) is 80.5 cm³/mol. The summed E-state index contributed by atoms with van der Waals surface area (Å²) in [4.78, 5) is 16.7. The van der Waals surface area contributed by atoms with Gasteiger partial charge >= 0.3 is 0 Å². The van der Waals surface area contributed by atoms with Crippen LogP contribution in [0.15, 0.2) is 34.9 Å². The van der Waals surface area contributed by atoms with Crippen molar-refractivity contribution in [3.8, 4) is 0 Å². The van der Waals surface area contributed by atoms with Crippen molar-refractivity contribution < 1.29 is 4.79 Å². The number of nitrogens with one attached hydrogen (secondary N) is 1. The van der Waals surface area contributed by atoms with E-state index in [4.69, 9.17) is 0 Å². The molecular weight excluding hydrogens is 318 g/mol. The van der Waals surface area contributed by atoms with E-state index in [1.54, 1.807) is 0 Å². The number of hydrogen-bond donors (Lipinski definition) is 1. The van der Waals surface area contributed by atoms with Gasteiger partial charge in [0.1, 0.15) is 5.69 Å². The van der Waals surface area contributed by atoms with Crippen LogP contribution >= 0.6 is 15.9 Å². The van der Waals surface area contributed by atoms with Crippen LogP contribution in [0.1, 0.15) is 40.8 Å². The molecule has 0 atom stereocenters. The average molecular weight is 334 g/mol. The Morgan fingerprint density at radius 3 is 3.00 bits per heavy atom. The first-order valence-electron chi connectivity index (χ1n) is 6.71. The molecule has 104 valence electrons. The molecule has 0 aromatic carbocycles. The van der Waals surface area contributed by atoms with Crippen LogP contribution in [0.5, 0.6) is 0 Å². The molecule has 0 radical (unpaired) electrons. The third-order valence-electron chi connectivity index (χ3n) is 3.36.